The minimum Gasteiger partial charge on any atom is -0.618 e. The van der Waals surface area contributed by atoms with E-state index in [4.69, 9.17) is 0 Å². The van der Waals surface area contributed by atoms with E-state index in [1.54, 1.807) is 31.1 Å². The lowest BCUT2D eigenvalue weighted by atomic mass is 10.1. The van der Waals surface area contributed by atoms with E-state index in [0.29, 0.717) is 16.3 Å². The molecule has 0 spiro atoms. The minimum atomic E-state index is -0.00957. The van der Waals surface area contributed by atoms with Gasteiger partial charge < -0.3 is 10.1 Å². The summed E-state index contributed by atoms with van der Waals surface area (Å²) in [4.78, 5) is 13.3. The van der Waals surface area contributed by atoms with Crippen molar-refractivity contribution in [2.75, 3.05) is 14.1 Å². The first-order valence-corrected chi connectivity index (χ1v) is 7.18. The summed E-state index contributed by atoms with van der Waals surface area (Å²) < 4.78 is 0.856. The van der Waals surface area contributed by atoms with Crippen molar-refractivity contribution in [2.24, 2.45) is 0 Å². The van der Waals surface area contributed by atoms with E-state index < -0.39 is 0 Å². The van der Waals surface area contributed by atoms with Gasteiger partial charge in [0.05, 0.1) is 0 Å². The highest BCUT2D eigenvalue weighted by molar-refractivity contribution is 7.98. The molecular weight excluding hydrogens is 272 g/mol. The first-order valence-electron chi connectivity index (χ1n) is 6.19. The molecule has 0 aliphatic rings. The van der Waals surface area contributed by atoms with E-state index in [1.807, 2.05) is 30.3 Å². The number of thioether (sulfide) groups is 1. The smallest absolute Gasteiger partial charge is 0.253 e. The van der Waals surface area contributed by atoms with Gasteiger partial charge >= 0.3 is 0 Å². The molecule has 0 bridgehead atoms. The fourth-order valence-corrected chi connectivity index (χ4v) is 2.55. The van der Waals surface area contributed by atoms with Crippen LogP contribution in [0.4, 0.5) is 0 Å². The summed E-state index contributed by atoms with van der Waals surface area (Å²) in [5.74, 6) is 0.688. The number of nitrogens with zero attached hydrogens (tertiary/aromatic N) is 2. The van der Waals surface area contributed by atoms with E-state index in [1.165, 1.54) is 18.0 Å². The highest BCUT2D eigenvalue weighted by atomic mass is 32.2. The summed E-state index contributed by atoms with van der Waals surface area (Å²) in [5.41, 5.74) is 1.75. The molecule has 4 nitrogen and oxygen atoms in total. The Bertz CT molecular complexity index is 597. The quantitative estimate of drug-likeness (QED) is 0.493. The molecule has 0 saturated heterocycles. The Hall–Kier alpha value is -2.01. The van der Waals surface area contributed by atoms with Gasteiger partial charge in [-0.15, -0.1) is 0 Å². The average molecular weight is 288 g/mol. The van der Waals surface area contributed by atoms with Crippen molar-refractivity contribution in [3.8, 4) is 0 Å². The largest absolute Gasteiger partial charge is 0.618 e. The lowest BCUT2D eigenvalue weighted by molar-refractivity contribution is -0.645. The van der Waals surface area contributed by atoms with Gasteiger partial charge in [0.25, 0.3) is 10.9 Å². The zero-order valence-electron chi connectivity index (χ0n) is 11.4. The van der Waals surface area contributed by atoms with Crippen LogP contribution in [0.25, 0.3) is 0 Å². The van der Waals surface area contributed by atoms with Gasteiger partial charge in [-0.25, -0.2) is 0 Å². The zero-order chi connectivity index (χ0) is 14.5. The van der Waals surface area contributed by atoms with Gasteiger partial charge in [0.2, 0.25) is 0 Å². The fraction of sp³-hybridized carbons (Fsp3) is 0.200. The van der Waals surface area contributed by atoms with E-state index in [2.05, 4.69) is 0 Å². The molecule has 0 unspecified atom stereocenters. The van der Waals surface area contributed by atoms with E-state index in [9.17, 15) is 10.0 Å². The number of aromatic nitrogens is 1. The molecule has 0 fully saturated rings. The first kappa shape index (κ1) is 14.4. The highest BCUT2D eigenvalue weighted by Gasteiger charge is 2.08. The molecule has 104 valence electrons. The molecule has 0 saturated carbocycles. The second kappa shape index (κ2) is 6.43. The van der Waals surface area contributed by atoms with Gasteiger partial charge in [-0.05, 0) is 23.8 Å². The van der Waals surface area contributed by atoms with Crippen molar-refractivity contribution in [3.63, 3.8) is 0 Å². The van der Waals surface area contributed by atoms with Crippen LogP contribution in [-0.4, -0.2) is 24.9 Å². The van der Waals surface area contributed by atoms with Crippen LogP contribution in [-0.2, 0) is 5.75 Å². The van der Waals surface area contributed by atoms with Crippen molar-refractivity contribution in [1.82, 2.24) is 4.90 Å². The van der Waals surface area contributed by atoms with E-state index in [0.717, 1.165) is 10.3 Å². The Morgan fingerprint density at radius 2 is 1.90 bits per heavy atom. The molecule has 2 rings (SSSR count). The molecule has 0 radical (unpaired) electrons. The molecule has 0 aliphatic heterocycles. The normalized spacial score (nSPS) is 10.3. The highest BCUT2D eigenvalue weighted by Crippen LogP contribution is 2.19. The molecule has 1 amide bonds. The molecule has 1 heterocycles. The summed E-state index contributed by atoms with van der Waals surface area (Å²) in [7, 11) is 3.46. The fourth-order valence-electron chi connectivity index (χ4n) is 1.68. The van der Waals surface area contributed by atoms with Gasteiger partial charge in [0.15, 0.2) is 6.20 Å². The Labute approximate surface area is 122 Å². The number of hydrogen-bond donors (Lipinski definition) is 0. The Morgan fingerprint density at radius 3 is 2.50 bits per heavy atom. The Kier molecular flexibility index (Phi) is 4.63. The lowest BCUT2D eigenvalue weighted by Crippen LogP contribution is -2.27. The maximum absolute atomic E-state index is 11.8. The van der Waals surface area contributed by atoms with Gasteiger partial charge in [0.1, 0.15) is 0 Å². The maximum Gasteiger partial charge on any atom is 0.253 e. The predicted octanol–water partition coefficient (Wildman–Crippen LogP) is 2.31. The number of carbonyl (C=O) groups is 1. The summed E-state index contributed by atoms with van der Waals surface area (Å²) in [5, 5.41) is 12.2. The van der Waals surface area contributed by atoms with Crippen LogP contribution < -0.4 is 4.73 Å². The van der Waals surface area contributed by atoms with Gasteiger partial charge in [-0.3, -0.25) is 4.79 Å². The van der Waals surface area contributed by atoms with Gasteiger partial charge in [-0.1, -0.05) is 23.9 Å². The van der Waals surface area contributed by atoms with Gasteiger partial charge in [0, 0.05) is 37.5 Å². The van der Waals surface area contributed by atoms with E-state index >= 15 is 0 Å². The molecule has 0 N–H and O–H groups in total. The van der Waals surface area contributed by atoms with Crippen LogP contribution in [0.1, 0.15) is 15.9 Å². The number of carbonyl (C=O) groups excluding carboxylic acids is 1. The van der Waals surface area contributed by atoms with Gasteiger partial charge in [-0.2, -0.15) is 4.73 Å². The summed E-state index contributed by atoms with van der Waals surface area (Å²) >= 11 is 1.48. The van der Waals surface area contributed by atoms with E-state index in [-0.39, 0.29) is 5.91 Å². The second-order valence-corrected chi connectivity index (χ2v) is 5.55. The number of hydrogen-bond acceptors (Lipinski definition) is 3. The third-order valence-electron chi connectivity index (χ3n) is 2.78. The Morgan fingerprint density at radius 1 is 1.20 bits per heavy atom. The molecule has 5 heteroatoms. The first-order chi connectivity index (χ1) is 9.58. The van der Waals surface area contributed by atoms with Crippen LogP contribution in [0, 0.1) is 5.21 Å². The molecule has 0 atom stereocenters. The standard InChI is InChI=1S/C15H16N2O2S/c1-16(2)15(18)13-8-6-12(7-9-13)11-20-14-5-3-4-10-17(14)19/h3-10H,11H2,1-2H3. The molecule has 1 aromatic heterocycles. The van der Waals surface area contributed by atoms with Crippen LogP contribution in [0.15, 0.2) is 53.7 Å². The molecular formula is C15H16N2O2S. The number of rotatable bonds is 4. The zero-order valence-corrected chi connectivity index (χ0v) is 12.3. The van der Waals surface area contributed by atoms with Crippen molar-refractivity contribution in [2.45, 2.75) is 10.8 Å². The monoisotopic (exact) mass is 288 g/mol. The average Bonchev–Trinajstić information content (AvgIpc) is 2.46. The molecule has 20 heavy (non-hydrogen) atoms. The number of benzene rings is 1. The third kappa shape index (κ3) is 3.51. The second-order valence-electron chi connectivity index (χ2n) is 4.55. The molecule has 2 aromatic rings. The lowest BCUT2D eigenvalue weighted by Gasteiger charge is -2.10. The summed E-state index contributed by atoms with van der Waals surface area (Å²) in [6, 6.07) is 12.8. The topological polar surface area (TPSA) is 47.2 Å². The SMILES string of the molecule is CN(C)C(=O)c1ccc(CSc2cccc[n+]2[O-])cc1. The minimum absolute atomic E-state index is 0.00957. The third-order valence-corrected chi connectivity index (χ3v) is 3.87. The van der Waals surface area contributed by atoms with Crippen molar-refractivity contribution in [3.05, 3.63) is 65.0 Å². The number of pyridine rings is 1. The van der Waals surface area contributed by atoms with Crippen LogP contribution in [0.5, 0.6) is 0 Å². The van der Waals surface area contributed by atoms with Crippen LogP contribution >= 0.6 is 11.8 Å². The molecule has 1 aromatic carbocycles. The Balaban J connectivity index is 2.01. The molecule has 0 aliphatic carbocycles. The summed E-state index contributed by atoms with van der Waals surface area (Å²) in [6.07, 6.45) is 1.49. The van der Waals surface area contributed by atoms with Crippen LogP contribution in [0.3, 0.4) is 0 Å². The number of amides is 1. The maximum atomic E-state index is 11.8. The van der Waals surface area contributed by atoms with Crippen molar-refractivity contribution in [1.29, 1.82) is 0 Å². The predicted molar refractivity (Wildman–Crippen MR) is 79.4 cm³/mol. The van der Waals surface area contributed by atoms with Crippen molar-refractivity contribution >= 4 is 17.7 Å². The van der Waals surface area contributed by atoms with Crippen molar-refractivity contribution < 1.29 is 9.52 Å². The summed E-state index contributed by atoms with van der Waals surface area (Å²) in [6.45, 7) is 0. The van der Waals surface area contributed by atoms with Crippen LogP contribution in [0.2, 0.25) is 0 Å².